The first kappa shape index (κ1) is 20.2. The van der Waals surface area contributed by atoms with E-state index in [0.29, 0.717) is 29.9 Å². The predicted octanol–water partition coefficient (Wildman–Crippen LogP) is 2.08. The zero-order chi connectivity index (χ0) is 21.0. The van der Waals surface area contributed by atoms with Gasteiger partial charge < -0.3 is 15.5 Å². The smallest absolute Gasteiger partial charge is 0.292 e. The Labute approximate surface area is 168 Å². The summed E-state index contributed by atoms with van der Waals surface area (Å²) in [6.45, 7) is 2.62. The molecule has 8 nitrogen and oxygen atoms in total. The molecule has 8 heteroatoms. The number of hydrogen-bond acceptors (Lipinski definition) is 5. The molecule has 0 unspecified atom stereocenters. The molecule has 0 fully saturated rings. The van der Waals surface area contributed by atoms with Crippen molar-refractivity contribution in [2.24, 2.45) is 0 Å². The van der Waals surface area contributed by atoms with Crippen LogP contribution >= 0.6 is 0 Å². The molecule has 1 aromatic carbocycles. The summed E-state index contributed by atoms with van der Waals surface area (Å²) in [5, 5.41) is 5.56. The number of benzene rings is 1. The Morgan fingerprint density at radius 1 is 1.07 bits per heavy atom. The van der Waals surface area contributed by atoms with Crippen molar-refractivity contribution in [1.29, 1.82) is 0 Å². The Kier molecular flexibility index (Phi) is 6.04. The predicted molar refractivity (Wildman–Crippen MR) is 110 cm³/mol. The van der Waals surface area contributed by atoms with Gasteiger partial charge in [-0.1, -0.05) is 18.2 Å². The summed E-state index contributed by atoms with van der Waals surface area (Å²) in [6.07, 6.45) is 1.68. The second-order valence-corrected chi connectivity index (χ2v) is 6.89. The fraction of sp³-hybridized carbons (Fsp3) is 0.238. The molecule has 3 aromatic rings. The van der Waals surface area contributed by atoms with Crippen molar-refractivity contribution < 1.29 is 14.4 Å². The van der Waals surface area contributed by atoms with E-state index in [1.807, 2.05) is 19.0 Å². The monoisotopic (exact) mass is 393 g/mol. The maximum absolute atomic E-state index is 12.8. The first-order chi connectivity index (χ1) is 13.9. The lowest BCUT2D eigenvalue weighted by molar-refractivity contribution is 0.0947. The Morgan fingerprint density at radius 3 is 2.59 bits per heavy atom. The van der Waals surface area contributed by atoms with Crippen LogP contribution in [-0.2, 0) is 0 Å². The molecule has 150 valence electrons. The second-order valence-electron chi connectivity index (χ2n) is 6.89. The zero-order valence-corrected chi connectivity index (χ0v) is 16.6. The molecule has 0 radical (unpaired) electrons. The number of fused-ring (bicyclic) bond motifs is 1. The van der Waals surface area contributed by atoms with E-state index in [1.54, 1.807) is 53.1 Å². The third kappa shape index (κ3) is 4.67. The Bertz CT molecular complexity index is 1070. The van der Waals surface area contributed by atoms with Crippen molar-refractivity contribution in [3.63, 3.8) is 0 Å². The highest BCUT2D eigenvalue weighted by Gasteiger charge is 2.21. The van der Waals surface area contributed by atoms with E-state index in [4.69, 9.17) is 0 Å². The van der Waals surface area contributed by atoms with Crippen molar-refractivity contribution in [2.75, 3.05) is 32.5 Å². The van der Waals surface area contributed by atoms with E-state index in [2.05, 4.69) is 15.6 Å². The number of amides is 2. The number of rotatable bonds is 7. The molecular formula is C21H23N5O3. The summed E-state index contributed by atoms with van der Waals surface area (Å²) in [7, 11) is 3.84. The molecule has 0 saturated heterocycles. The molecule has 0 atom stereocenters. The number of anilines is 1. The zero-order valence-electron chi connectivity index (χ0n) is 16.6. The van der Waals surface area contributed by atoms with Gasteiger partial charge in [0.1, 0.15) is 0 Å². The van der Waals surface area contributed by atoms with Crippen molar-refractivity contribution in [1.82, 2.24) is 19.6 Å². The Hall–Kier alpha value is -3.52. The van der Waals surface area contributed by atoms with Gasteiger partial charge in [0.2, 0.25) is 5.82 Å². The number of hydrogen-bond donors (Lipinski definition) is 2. The molecule has 3 rings (SSSR count). The van der Waals surface area contributed by atoms with Crippen molar-refractivity contribution in [3.05, 3.63) is 65.7 Å². The van der Waals surface area contributed by atoms with Crippen LogP contribution in [0.3, 0.4) is 0 Å². The minimum absolute atomic E-state index is 0.0894. The number of carbonyl (C=O) groups is 3. The van der Waals surface area contributed by atoms with Gasteiger partial charge in [-0.2, -0.15) is 0 Å². The summed E-state index contributed by atoms with van der Waals surface area (Å²) in [5.41, 5.74) is 1.70. The first-order valence-electron chi connectivity index (χ1n) is 9.19. The molecule has 29 heavy (non-hydrogen) atoms. The maximum Gasteiger partial charge on any atom is 0.292 e. The number of imidazole rings is 1. The van der Waals surface area contributed by atoms with Crippen LogP contribution in [0.2, 0.25) is 0 Å². The SMILES string of the molecule is CC(=O)c1cccc(NC(=O)c2nc(C(=O)NCCN(C)C)c3ccccn23)c1. The van der Waals surface area contributed by atoms with E-state index >= 15 is 0 Å². The highest BCUT2D eigenvalue weighted by molar-refractivity contribution is 6.06. The molecule has 2 aromatic heterocycles. The van der Waals surface area contributed by atoms with Gasteiger partial charge in [0, 0.05) is 30.5 Å². The molecule has 2 N–H and O–H groups in total. The lowest BCUT2D eigenvalue weighted by Gasteiger charge is -2.09. The molecule has 0 aliphatic heterocycles. The molecular weight excluding hydrogens is 370 g/mol. The van der Waals surface area contributed by atoms with Crippen molar-refractivity contribution in [2.45, 2.75) is 6.92 Å². The number of pyridine rings is 1. The minimum Gasteiger partial charge on any atom is -0.349 e. The van der Waals surface area contributed by atoms with Crippen LogP contribution in [0.1, 0.15) is 38.4 Å². The average Bonchev–Trinajstić information content (AvgIpc) is 3.08. The van der Waals surface area contributed by atoms with Crippen LogP contribution in [0.15, 0.2) is 48.7 Å². The molecule has 2 heterocycles. The summed E-state index contributed by atoms with van der Waals surface area (Å²) < 4.78 is 1.57. The summed E-state index contributed by atoms with van der Waals surface area (Å²) in [4.78, 5) is 43.2. The number of aromatic nitrogens is 2. The van der Waals surface area contributed by atoms with Gasteiger partial charge in [0.05, 0.1) is 5.52 Å². The average molecular weight is 393 g/mol. The number of nitrogens with one attached hydrogen (secondary N) is 2. The first-order valence-corrected chi connectivity index (χ1v) is 9.19. The molecule has 0 bridgehead atoms. The Balaban J connectivity index is 1.87. The molecule has 0 saturated carbocycles. The normalized spacial score (nSPS) is 10.9. The topological polar surface area (TPSA) is 95.8 Å². The molecule has 0 aliphatic rings. The lowest BCUT2D eigenvalue weighted by atomic mass is 10.1. The number of ketones is 1. The number of likely N-dealkylation sites (N-methyl/N-ethyl adjacent to an activating group) is 1. The highest BCUT2D eigenvalue weighted by Crippen LogP contribution is 2.16. The number of carbonyl (C=O) groups excluding carboxylic acids is 3. The third-order valence-corrected chi connectivity index (χ3v) is 4.34. The van der Waals surface area contributed by atoms with Gasteiger partial charge in [-0.3, -0.25) is 18.8 Å². The van der Waals surface area contributed by atoms with E-state index in [-0.39, 0.29) is 23.2 Å². The largest absolute Gasteiger partial charge is 0.349 e. The summed E-state index contributed by atoms with van der Waals surface area (Å²) in [6, 6.07) is 11.9. The lowest BCUT2D eigenvalue weighted by Crippen LogP contribution is -2.31. The van der Waals surface area contributed by atoms with Crippen LogP contribution in [0.25, 0.3) is 5.52 Å². The van der Waals surface area contributed by atoms with Crippen LogP contribution in [0.4, 0.5) is 5.69 Å². The number of nitrogens with zero attached hydrogens (tertiary/aromatic N) is 3. The molecule has 2 amide bonds. The van der Waals surface area contributed by atoms with Crippen molar-refractivity contribution >= 4 is 28.8 Å². The summed E-state index contributed by atoms with van der Waals surface area (Å²) in [5.74, 6) is -0.817. The van der Waals surface area contributed by atoms with Gasteiger partial charge in [0.25, 0.3) is 11.8 Å². The van der Waals surface area contributed by atoms with Crippen LogP contribution in [-0.4, -0.2) is 59.1 Å². The van der Waals surface area contributed by atoms with E-state index < -0.39 is 5.91 Å². The van der Waals surface area contributed by atoms with Gasteiger partial charge >= 0.3 is 0 Å². The molecule has 0 spiro atoms. The fourth-order valence-corrected chi connectivity index (χ4v) is 2.84. The fourth-order valence-electron chi connectivity index (χ4n) is 2.84. The van der Waals surface area contributed by atoms with Crippen molar-refractivity contribution in [3.8, 4) is 0 Å². The Morgan fingerprint density at radius 2 is 1.86 bits per heavy atom. The van der Waals surface area contributed by atoms with E-state index in [0.717, 1.165) is 0 Å². The second kappa shape index (κ2) is 8.66. The van der Waals surface area contributed by atoms with Gasteiger partial charge in [-0.25, -0.2) is 4.98 Å². The van der Waals surface area contributed by atoms with Crippen LogP contribution < -0.4 is 10.6 Å². The number of Topliss-reactive ketones (excluding diaryl/α,β-unsaturated/α-hetero) is 1. The van der Waals surface area contributed by atoms with Gasteiger partial charge in [-0.15, -0.1) is 0 Å². The minimum atomic E-state index is -0.473. The van der Waals surface area contributed by atoms with E-state index in [1.165, 1.54) is 6.92 Å². The third-order valence-electron chi connectivity index (χ3n) is 4.34. The standard InChI is InChI=1S/C21H23N5O3/c1-14(27)15-7-6-8-16(13-15)23-21(29)19-24-18(17-9-4-5-11-26(17)19)20(28)22-10-12-25(2)3/h4-9,11,13H,10,12H2,1-3H3,(H,22,28)(H,23,29). The summed E-state index contributed by atoms with van der Waals surface area (Å²) >= 11 is 0. The molecule has 0 aliphatic carbocycles. The highest BCUT2D eigenvalue weighted by atomic mass is 16.2. The quantitative estimate of drug-likeness (QED) is 0.599. The van der Waals surface area contributed by atoms with Crippen LogP contribution in [0.5, 0.6) is 0 Å². The maximum atomic E-state index is 12.8. The van der Waals surface area contributed by atoms with E-state index in [9.17, 15) is 14.4 Å². The van der Waals surface area contributed by atoms with Crippen LogP contribution in [0, 0.1) is 0 Å². The van der Waals surface area contributed by atoms with Gasteiger partial charge in [0.15, 0.2) is 11.5 Å². The van der Waals surface area contributed by atoms with Gasteiger partial charge in [-0.05, 0) is 45.3 Å².